The monoisotopic (exact) mass is 203 g/mol. The second-order valence-corrected chi connectivity index (χ2v) is 3.15. The van der Waals surface area contributed by atoms with Crippen LogP contribution in [0.1, 0.15) is 11.1 Å². The van der Waals surface area contributed by atoms with Crippen molar-refractivity contribution in [3.63, 3.8) is 0 Å². The summed E-state index contributed by atoms with van der Waals surface area (Å²) in [7, 11) is 1.48. The van der Waals surface area contributed by atoms with Gasteiger partial charge in [0.15, 0.2) is 0 Å². The van der Waals surface area contributed by atoms with Crippen LogP contribution in [0.5, 0.6) is 0 Å². The Morgan fingerprint density at radius 1 is 1.54 bits per heavy atom. The van der Waals surface area contributed by atoms with Crippen molar-refractivity contribution in [1.82, 2.24) is 5.48 Å². The van der Waals surface area contributed by atoms with Crippen LogP contribution in [0.3, 0.4) is 0 Å². The summed E-state index contributed by atoms with van der Waals surface area (Å²) in [5.74, 6) is -0.392. The van der Waals surface area contributed by atoms with Gasteiger partial charge in [-0.3, -0.25) is 0 Å². The quantitative estimate of drug-likeness (QED) is 0.762. The normalized spacial score (nSPS) is 10.5. The van der Waals surface area contributed by atoms with Crippen LogP contribution in [-0.2, 0) is 11.4 Å². The average Bonchev–Trinajstić information content (AvgIpc) is 2.09. The van der Waals surface area contributed by atoms with Gasteiger partial charge in [0.05, 0.1) is 12.1 Å². The molecule has 0 aliphatic rings. The predicted octanol–water partition coefficient (Wildman–Crippen LogP) is 2.44. The maximum atomic E-state index is 13.3. The molecule has 1 aromatic carbocycles. The Morgan fingerprint density at radius 3 is 2.85 bits per heavy atom. The zero-order valence-corrected chi connectivity index (χ0v) is 8.28. The Labute approximate surface area is 81.6 Å². The topological polar surface area (TPSA) is 21.3 Å². The molecule has 72 valence electrons. The van der Waals surface area contributed by atoms with Gasteiger partial charge in [-0.15, -0.1) is 0 Å². The number of halogens is 2. The fourth-order valence-electron chi connectivity index (χ4n) is 1.08. The fraction of sp³-hybridized carbons (Fsp3) is 0.333. The smallest absolute Gasteiger partial charge is 0.146 e. The number of hydroxylamine groups is 1. The number of benzene rings is 1. The summed E-state index contributed by atoms with van der Waals surface area (Å²) in [6.07, 6.45) is 0. The minimum atomic E-state index is -0.392. The maximum Gasteiger partial charge on any atom is 0.146 e. The van der Waals surface area contributed by atoms with Crippen molar-refractivity contribution >= 4 is 11.6 Å². The first-order valence-corrected chi connectivity index (χ1v) is 4.23. The van der Waals surface area contributed by atoms with Crippen LogP contribution >= 0.6 is 11.6 Å². The predicted molar refractivity (Wildman–Crippen MR) is 50.0 cm³/mol. The molecule has 2 nitrogen and oxygen atoms in total. The molecule has 1 rings (SSSR count). The van der Waals surface area contributed by atoms with E-state index >= 15 is 0 Å². The number of hydrogen-bond acceptors (Lipinski definition) is 2. The van der Waals surface area contributed by atoms with Crippen molar-refractivity contribution < 1.29 is 9.23 Å². The van der Waals surface area contributed by atoms with E-state index in [1.807, 2.05) is 6.92 Å². The molecule has 1 N–H and O–H groups in total. The van der Waals surface area contributed by atoms with Crippen molar-refractivity contribution in [3.05, 3.63) is 34.1 Å². The van der Waals surface area contributed by atoms with E-state index in [0.717, 1.165) is 5.56 Å². The molecule has 0 bridgehead atoms. The third kappa shape index (κ3) is 2.66. The van der Waals surface area contributed by atoms with Gasteiger partial charge >= 0.3 is 0 Å². The van der Waals surface area contributed by atoms with Crippen LogP contribution in [0.25, 0.3) is 0 Å². The number of aryl methyl sites for hydroxylation is 1. The summed E-state index contributed by atoms with van der Waals surface area (Å²) >= 11 is 5.65. The van der Waals surface area contributed by atoms with Crippen molar-refractivity contribution in [2.75, 3.05) is 7.11 Å². The highest BCUT2D eigenvalue weighted by Gasteiger charge is 2.06. The molecule has 0 amide bonds. The minimum absolute atomic E-state index is 0.146. The van der Waals surface area contributed by atoms with Crippen molar-refractivity contribution in [2.45, 2.75) is 13.5 Å². The molecule has 0 fully saturated rings. The largest absolute Gasteiger partial charge is 0.305 e. The molecule has 0 unspecified atom stereocenters. The summed E-state index contributed by atoms with van der Waals surface area (Å²) in [5.41, 5.74) is 4.00. The number of hydrogen-bond donors (Lipinski definition) is 1. The fourth-order valence-corrected chi connectivity index (χ4v) is 1.37. The van der Waals surface area contributed by atoms with Gasteiger partial charge in [-0.1, -0.05) is 17.7 Å². The SMILES string of the molecule is CONCc1cc(C)cc(Cl)c1F. The summed E-state index contributed by atoms with van der Waals surface area (Å²) < 4.78 is 13.3. The summed E-state index contributed by atoms with van der Waals surface area (Å²) in [6.45, 7) is 2.17. The molecular weight excluding hydrogens is 193 g/mol. The molecule has 1 aromatic rings. The Kier molecular flexibility index (Phi) is 3.66. The maximum absolute atomic E-state index is 13.3. The van der Waals surface area contributed by atoms with Crippen molar-refractivity contribution in [2.24, 2.45) is 0 Å². The highest BCUT2D eigenvalue weighted by molar-refractivity contribution is 6.30. The lowest BCUT2D eigenvalue weighted by Crippen LogP contribution is -2.12. The van der Waals surface area contributed by atoms with E-state index in [-0.39, 0.29) is 5.02 Å². The van der Waals surface area contributed by atoms with Gasteiger partial charge in [-0.2, -0.15) is 5.48 Å². The molecule has 0 aromatic heterocycles. The van der Waals surface area contributed by atoms with Gasteiger partial charge in [0.2, 0.25) is 0 Å². The highest BCUT2D eigenvalue weighted by atomic mass is 35.5. The van der Waals surface area contributed by atoms with Gasteiger partial charge in [-0.05, 0) is 18.6 Å². The molecule has 0 spiro atoms. The van der Waals surface area contributed by atoms with E-state index < -0.39 is 5.82 Å². The second-order valence-electron chi connectivity index (χ2n) is 2.75. The summed E-state index contributed by atoms with van der Waals surface area (Å²) in [5, 5.41) is 0.146. The molecule has 4 heteroatoms. The van der Waals surface area contributed by atoms with Gasteiger partial charge < -0.3 is 4.84 Å². The van der Waals surface area contributed by atoms with Gasteiger partial charge in [0.25, 0.3) is 0 Å². The lowest BCUT2D eigenvalue weighted by atomic mass is 10.1. The van der Waals surface area contributed by atoms with Gasteiger partial charge in [-0.25, -0.2) is 4.39 Å². The second kappa shape index (κ2) is 4.56. The van der Waals surface area contributed by atoms with Crippen molar-refractivity contribution in [3.8, 4) is 0 Å². The standard InChI is InChI=1S/C9H11ClFNO/c1-6-3-7(5-12-13-2)9(11)8(10)4-6/h3-4,12H,5H2,1-2H3. The van der Waals surface area contributed by atoms with E-state index in [2.05, 4.69) is 10.3 Å². The summed E-state index contributed by atoms with van der Waals surface area (Å²) in [4.78, 5) is 4.62. The Bertz CT molecular complexity index is 304. The average molecular weight is 204 g/mol. The highest BCUT2D eigenvalue weighted by Crippen LogP contribution is 2.20. The lowest BCUT2D eigenvalue weighted by Gasteiger charge is -2.06. The first-order valence-electron chi connectivity index (χ1n) is 3.85. The minimum Gasteiger partial charge on any atom is -0.305 e. The third-order valence-corrected chi connectivity index (χ3v) is 1.93. The first-order chi connectivity index (χ1) is 6.15. The lowest BCUT2D eigenvalue weighted by molar-refractivity contribution is 0.0859. The number of nitrogens with one attached hydrogen (secondary N) is 1. The molecule has 0 aliphatic carbocycles. The molecule has 0 aliphatic heterocycles. The molecule has 0 heterocycles. The Hall–Kier alpha value is -0.640. The van der Waals surface area contributed by atoms with E-state index in [4.69, 9.17) is 11.6 Å². The Balaban J connectivity index is 2.92. The van der Waals surface area contributed by atoms with Crippen LogP contribution < -0.4 is 5.48 Å². The van der Waals surface area contributed by atoms with Crippen molar-refractivity contribution in [1.29, 1.82) is 0 Å². The van der Waals surface area contributed by atoms with E-state index in [1.54, 1.807) is 12.1 Å². The number of rotatable bonds is 3. The van der Waals surface area contributed by atoms with E-state index in [1.165, 1.54) is 7.11 Å². The Morgan fingerprint density at radius 2 is 2.23 bits per heavy atom. The van der Waals surface area contributed by atoms with Gasteiger partial charge in [0.1, 0.15) is 5.82 Å². The van der Waals surface area contributed by atoms with Crippen LogP contribution in [0.15, 0.2) is 12.1 Å². The molecule has 0 radical (unpaired) electrons. The third-order valence-electron chi connectivity index (χ3n) is 1.65. The van der Waals surface area contributed by atoms with Crippen LogP contribution in [0.4, 0.5) is 4.39 Å². The first kappa shape index (κ1) is 10.4. The van der Waals surface area contributed by atoms with Crippen LogP contribution in [0, 0.1) is 12.7 Å². The summed E-state index contributed by atoms with van der Waals surface area (Å²) in [6, 6.07) is 3.32. The van der Waals surface area contributed by atoms with Gasteiger partial charge in [0, 0.05) is 12.1 Å². The van der Waals surface area contributed by atoms with Crippen LogP contribution in [-0.4, -0.2) is 7.11 Å². The molecule has 13 heavy (non-hydrogen) atoms. The zero-order valence-electron chi connectivity index (χ0n) is 7.53. The molecule has 0 saturated heterocycles. The van der Waals surface area contributed by atoms with E-state index in [0.29, 0.717) is 12.1 Å². The van der Waals surface area contributed by atoms with E-state index in [9.17, 15) is 4.39 Å². The molecule has 0 atom stereocenters. The molecular formula is C9H11ClFNO. The molecule has 0 saturated carbocycles. The van der Waals surface area contributed by atoms with Crippen LogP contribution in [0.2, 0.25) is 5.02 Å². The zero-order chi connectivity index (χ0) is 9.84.